The lowest BCUT2D eigenvalue weighted by atomic mass is 10.0. The van der Waals surface area contributed by atoms with Crippen LogP contribution in [0.4, 0.5) is 5.69 Å². The average Bonchev–Trinajstić information content (AvgIpc) is 2.97. The van der Waals surface area contributed by atoms with Crippen molar-refractivity contribution in [2.75, 3.05) is 32.9 Å². The number of nitroso groups, excluding NO2 is 1. The second kappa shape index (κ2) is 9.41. The van der Waals surface area contributed by atoms with Crippen molar-refractivity contribution < 1.29 is 14.3 Å². The Balaban J connectivity index is 1.73. The fraction of sp³-hybridized carbons (Fsp3) is 0.500. The number of ether oxygens (including phenoxy) is 2. The standard InChI is InChI=1S/C20H25N3O4/c1-2-19-18(8-4-9-21-19)20(24)23-10-5-11-26-13-16(23)14-27-17-7-3-6-15(12-17)22-25/h3,6-8,12,16H,2,4-5,9-11,13-14H2,1H3/t16-/m0/s1. The summed E-state index contributed by atoms with van der Waals surface area (Å²) in [6.07, 6.45) is 4.33. The van der Waals surface area contributed by atoms with Crippen molar-refractivity contribution in [3.05, 3.63) is 40.8 Å². The number of dihydropyridines is 1. The molecule has 1 saturated heterocycles. The lowest BCUT2D eigenvalue weighted by molar-refractivity contribution is -0.129. The molecule has 0 unspecified atom stereocenters. The summed E-state index contributed by atoms with van der Waals surface area (Å²) >= 11 is 0. The number of nitrogens with zero attached hydrogens (tertiary/aromatic N) is 3. The highest BCUT2D eigenvalue weighted by Crippen LogP contribution is 2.22. The zero-order valence-electron chi connectivity index (χ0n) is 15.6. The van der Waals surface area contributed by atoms with E-state index in [1.165, 1.54) is 0 Å². The maximum absolute atomic E-state index is 13.2. The van der Waals surface area contributed by atoms with Gasteiger partial charge in [0.15, 0.2) is 0 Å². The van der Waals surface area contributed by atoms with Crippen LogP contribution in [-0.4, -0.2) is 55.5 Å². The molecule has 0 radical (unpaired) electrons. The molecule has 0 aliphatic carbocycles. The van der Waals surface area contributed by atoms with E-state index in [9.17, 15) is 9.70 Å². The van der Waals surface area contributed by atoms with Crippen molar-refractivity contribution in [3.8, 4) is 5.75 Å². The molecule has 1 atom stereocenters. The molecule has 0 aromatic heterocycles. The highest BCUT2D eigenvalue weighted by molar-refractivity contribution is 6.21. The molecule has 144 valence electrons. The molecular weight excluding hydrogens is 346 g/mol. The van der Waals surface area contributed by atoms with Gasteiger partial charge in [-0.2, -0.15) is 0 Å². The molecule has 2 aliphatic heterocycles. The van der Waals surface area contributed by atoms with Crippen LogP contribution in [0.15, 0.2) is 46.1 Å². The average molecular weight is 371 g/mol. The van der Waals surface area contributed by atoms with Gasteiger partial charge in [0, 0.05) is 31.5 Å². The van der Waals surface area contributed by atoms with E-state index in [0.717, 1.165) is 31.5 Å². The first-order chi connectivity index (χ1) is 13.2. The first-order valence-corrected chi connectivity index (χ1v) is 9.41. The topological polar surface area (TPSA) is 80.6 Å². The number of carbonyl (C=O) groups is 1. The van der Waals surface area contributed by atoms with Gasteiger partial charge in [0.05, 0.1) is 18.2 Å². The third-order valence-electron chi connectivity index (χ3n) is 4.72. The molecule has 1 amide bonds. The molecule has 27 heavy (non-hydrogen) atoms. The molecule has 2 aliphatic rings. The molecule has 1 aromatic rings. The highest BCUT2D eigenvalue weighted by Gasteiger charge is 2.30. The molecule has 1 fully saturated rings. The van der Waals surface area contributed by atoms with Crippen LogP contribution in [0.5, 0.6) is 5.75 Å². The number of hydrogen-bond donors (Lipinski definition) is 0. The number of hydrogen-bond acceptors (Lipinski definition) is 6. The maximum Gasteiger partial charge on any atom is 0.255 e. The molecule has 0 saturated carbocycles. The van der Waals surface area contributed by atoms with E-state index in [-0.39, 0.29) is 11.9 Å². The molecule has 2 heterocycles. The Morgan fingerprint density at radius 3 is 3.15 bits per heavy atom. The van der Waals surface area contributed by atoms with Crippen LogP contribution in [0.1, 0.15) is 26.2 Å². The molecule has 0 N–H and O–H groups in total. The molecule has 3 rings (SSSR count). The summed E-state index contributed by atoms with van der Waals surface area (Å²) in [5.41, 5.74) is 1.90. The maximum atomic E-state index is 13.2. The Labute approximate surface area is 159 Å². The lowest BCUT2D eigenvalue weighted by Gasteiger charge is -2.31. The van der Waals surface area contributed by atoms with Crippen LogP contribution in [-0.2, 0) is 9.53 Å². The van der Waals surface area contributed by atoms with Crippen molar-refractivity contribution in [1.82, 2.24) is 4.90 Å². The number of carbonyl (C=O) groups excluding carboxylic acids is 1. The van der Waals surface area contributed by atoms with E-state index in [4.69, 9.17) is 9.47 Å². The first kappa shape index (κ1) is 19.2. The quantitative estimate of drug-likeness (QED) is 0.719. The largest absolute Gasteiger partial charge is 0.491 e. The molecule has 7 heteroatoms. The van der Waals surface area contributed by atoms with Gasteiger partial charge in [0.25, 0.3) is 5.91 Å². The van der Waals surface area contributed by atoms with Gasteiger partial charge in [0.1, 0.15) is 18.0 Å². The Morgan fingerprint density at radius 1 is 1.44 bits per heavy atom. The second-order valence-corrected chi connectivity index (χ2v) is 6.57. The van der Waals surface area contributed by atoms with Crippen molar-refractivity contribution >= 4 is 17.3 Å². The van der Waals surface area contributed by atoms with Crippen LogP contribution < -0.4 is 4.74 Å². The number of amides is 1. The van der Waals surface area contributed by atoms with Crippen molar-refractivity contribution in [2.45, 2.75) is 32.2 Å². The summed E-state index contributed by atoms with van der Waals surface area (Å²) in [4.78, 5) is 30.2. The lowest BCUT2D eigenvalue weighted by Crippen LogP contribution is -2.47. The van der Waals surface area contributed by atoms with Crippen LogP contribution in [0.25, 0.3) is 0 Å². The van der Waals surface area contributed by atoms with Crippen LogP contribution in [0.2, 0.25) is 0 Å². The van der Waals surface area contributed by atoms with E-state index in [1.807, 2.05) is 17.9 Å². The molecule has 0 bridgehead atoms. The normalized spacial score (nSPS) is 20.3. The van der Waals surface area contributed by atoms with Gasteiger partial charge in [0.2, 0.25) is 0 Å². The van der Waals surface area contributed by atoms with Crippen LogP contribution >= 0.6 is 0 Å². The summed E-state index contributed by atoms with van der Waals surface area (Å²) in [6, 6.07) is 6.49. The third-order valence-corrected chi connectivity index (χ3v) is 4.72. The second-order valence-electron chi connectivity index (χ2n) is 6.57. The zero-order chi connectivity index (χ0) is 19.1. The summed E-state index contributed by atoms with van der Waals surface area (Å²) in [7, 11) is 0. The van der Waals surface area contributed by atoms with Crippen molar-refractivity contribution in [1.29, 1.82) is 0 Å². The van der Waals surface area contributed by atoms with Crippen molar-refractivity contribution in [3.63, 3.8) is 0 Å². The van der Waals surface area contributed by atoms with Gasteiger partial charge in [-0.1, -0.05) is 19.1 Å². The molecule has 0 spiro atoms. The number of aliphatic imine (C=N–C) groups is 1. The summed E-state index contributed by atoms with van der Waals surface area (Å²) < 4.78 is 11.5. The highest BCUT2D eigenvalue weighted by atomic mass is 16.5. The van der Waals surface area contributed by atoms with Gasteiger partial charge in [-0.25, -0.2) is 0 Å². The Hall–Kier alpha value is -2.54. The van der Waals surface area contributed by atoms with Gasteiger partial charge in [-0.3, -0.25) is 9.79 Å². The SMILES string of the molecule is CCC1=NCCC=C1C(=O)N1CCCOC[C@H]1COc1cccc(N=O)c1. The van der Waals surface area contributed by atoms with E-state index in [0.29, 0.717) is 43.4 Å². The van der Waals surface area contributed by atoms with Gasteiger partial charge in [-0.15, -0.1) is 4.91 Å². The van der Waals surface area contributed by atoms with E-state index >= 15 is 0 Å². The Kier molecular flexibility index (Phi) is 6.70. The molecule has 1 aromatic carbocycles. The number of rotatable bonds is 6. The van der Waals surface area contributed by atoms with E-state index in [2.05, 4.69) is 10.2 Å². The van der Waals surface area contributed by atoms with Gasteiger partial charge >= 0.3 is 0 Å². The van der Waals surface area contributed by atoms with Gasteiger partial charge in [-0.05, 0) is 36.6 Å². The molecular formula is C20H25N3O4. The minimum atomic E-state index is -0.200. The summed E-state index contributed by atoms with van der Waals surface area (Å²) in [5.74, 6) is 0.550. The summed E-state index contributed by atoms with van der Waals surface area (Å²) in [6.45, 7) is 4.72. The first-order valence-electron chi connectivity index (χ1n) is 9.41. The van der Waals surface area contributed by atoms with Crippen molar-refractivity contribution in [2.24, 2.45) is 10.2 Å². The fourth-order valence-electron chi connectivity index (χ4n) is 3.34. The number of benzene rings is 1. The predicted octanol–water partition coefficient (Wildman–Crippen LogP) is 3.26. The minimum Gasteiger partial charge on any atom is -0.491 e. The van der Waals surface area contributed by atoms with E-state index in [1.54, 1.807) is 24.3 Å². The smallest absolute Gasteiger partial charge is 0.255 e. The fourth-order valence-corrected chi connectivity index (χ4v) is 3.34. The summed E-state index contributed by atoms with van der Waals surface area (Å²) in [5, 5.41) is 2.92. The third kappa shape index (κ3) is 4.80. The molecule has 7 nitrogen and oxygen atoms in total. The van der Waals surface area contributed by atoms with Gasteiger partial charge < -0.3 is 14.4 Å². The minimum absolute atomic E-state index is 0.00212. The Bertz CT molecular complexity index is 744. The van der Waals surface area contributed by atoms with Crippen LogP contribution in [0, 0.1) is 4.91 Å². The zero-order valence-corrected chi connectivity index (χ0v) is 15.6. The monoisotopic (exact) mass is 371 g/mol. The Morgan fingerprint density at radius 2 is 2.33 bits per heavy atom. The van der Waals surface area contributed by atoms with Crippen LogP contribution in [0.3, 0.4) is 0 Å². The predicted molar refractivity (Wildman–Crippen MR) is 104 cm³/mol. The van der Waals surface area contributed by atoms with E-state index < -0.39 is 0 Å².